The first-order valence-electron chi connectivity index (χ1n) is 6.22. The van der Waals surface area contributed by atoms with Crippen LogP contribution in [-0.2, 0) is 9.53 Å². The van der Waals surface area contributed by atoms with Crippen LogP contribution in [-0.4, -0.2) is 16.9 Å². The van der Waals surface area contributed by atoms with Crippen LogP contribution in [0.3, 0.4) is 0 Å². The van der Waals surface area contributed by atoms with Gasteiger partial charge >= 0.3 is 5.97 Å². The molecule has 0 unspecified atom stereocenters. The van der Waals surface area contributed by atoms with E-state index in [9.17, 15) is 4.79 Å². The van der Waals surface area contributed by atoms with Gasteiger partial charge in [0.15, 0.2) is 5.70 Å². The molecule has 1 aliphatic rings. The highest BCUT2D eigenvalue weighted by Crippen LogP contribution is 2.19. The highest BCUT2D eigenvalue weighted by atomic mass is 16.6. The summed E-state index contributed by atoms with van der Waals surface area (Å²) in [6.45, 7) is 1.98. The number of aryl methyl sites for hydroxylation is 1. The maximum atomic E-state index is 11.8. The van der Waals surface area contributed by atoms with E-state index in [0.717, 1.165) is 16.7 Å². The summed E-state index contributed by atoms with van der Waals surface area (Å²) >= 11 is 0. The summed E-state index contributed by atoms with van der Waals surface area (Å²) in [6.07, 6.45) is 5.02. The Kier molecular flexibility index (Phi) is 3.13. The maximum absolute atomic E-state index is 11.8. The van der Waals surface area contributed by atoms with Crippen molar-refractivity contribution in [2.45, 2.75) is 6.92 Å². The molecule has 98 valence electrons. The monoisotopic (exact) mass is 264 g/mol. The standard InChI is InChI=1S/C16H12N2O2/c1-11-3-2-4-13(9-11)15-18-14(16(19)20-15)10-12-5-7-17-8-6-12/h2-10H,1H3/b14-10+. The van der Waals surface area contributed by atoms with Gasteiger partial charge in [0.1, 0.15) is 0 Å². The number of ether oxygens (including phenoxy) is 1. The lowest BCUT2D eigenvalue weighted by Gasteiger charge is -1.99. The van der Waals surface area contributed by atoms with Gasteiger partial charge in [-0.15, -0.1) is 0 Å². The second-order valence-electron chi connectivity index (χ2n) is 4.49. The normalized spacial score (nSPS) is 16.1. The number of aliphatic imine (C=N–C) groups is 1. The van der Waals surface area contributed by atoms with Gasteiger partial charge in [0.25, 0.3) is 0 Å². The summed E-state index contributed by atoms with van der Waals surface area (Å²) in [5.74, 6) is -0.0858. The number of pyridine rings is 1. The Morgan fingerprint density at radius 1 is 1.15 bits per heavy atom. The molecular formula is C16H12N2O2. The van der Waals surface area contributed by atoms with E-state index in [1.165, 1.54) is 0 Å². The quantitative estimate of drug-likeness (QED) is 0.619. The zero-order chi connectivity index (χ0) is 13.9. The average molecular weight is 264 g/mol. The van der Waals surface area contributed by atoms with Crippen molar-refractivity contribution in [2.24, 2.45) is 4.99 Å². The van der Waals surface area contributed by atoms with Crippen LogP contribution in [0.5, 0.6) is 0 Å². The number of carbonyl (C=O) groups excluding carboxylic acids is 1. The van der Waals surface area contributed by atoms with E-state index >= 15 is 0 Å². The molecule has 0 atom stereocenters. The molecule has 4 nitrogen and oxygen atoms in total. The fraction of sp³-hybridized carbons (Fsp3) is 0.0625. The molecule has 2 heterocycles. The Bertz CT molecular complexity index is 718. The predicted molar refractivity (Wildman–Crippen MR) is 76.0 cm³/mol. The lowest BCUT2D eigenvalue weighted by atomic mass is 10.1. The Labute approximate surface area is 116 Å². The number of esters is 1. The van der Waals surface area contributed by atoms with E-state index in [4.69, 9.17) is 4.74 Å². The van der Waals surface area contributed by atoms with Gasteiger partial charge in [0, 0.05) is 18.0 Å². The average Bonchev–Trinajstić information content (AvgIpc) is 2.81. The number of rotatable bonds is 2. The van der Waals surface area contributed by atoms with Crippen molar-refractivity contribution in [3.05, 3.63) is 71.2 Å². The van der Waals surface area contributed by atoms with E-state index < -0.39 is 5.97 Å². The number of nitrogens with zero attached hydrogens (tertiary/aromatic N) is 2. The van der Waals surface area contributed by atoms with Crippen LogP contribution in [0, 0.1) is 6.92 Å². The molecule has 3 rings (SSSR count). The zero-order valence-corrected chi connectivity index (χ0v) is 10.9. The van der Waals surface area contributed by atoms with E-state index in [-0.39, 0.29) is 0 Å². The van der Waals surface area contributed by atoms with Gasteiger partial charge in [0.2, 0.25) is 5.90 Å². The molecule has 0 saturated heterocycles. The van der Waals surface area contributed by atoms with Gasteiger partial charge in [-0.25, -0.2) is 9.79 Å². The van der Waals surface area contributed by atoms with Crippen molar-refractivity contribution >= 4 is 17.9 Å². The topological polar surface area (TPSA) is 51.5 Å². The largest absolute Gasteiger partial charge is 0.402 e. The molecule has 0 radical (unpaired) electrons. The second kappa shape index (κ2) is 5.09. The van der Waals surface area contributed by atoms with Crippen LogP contribution in [0.1, 0.15) is 16.7 Å². The van der Waals surface area contributed by atoms with E-state index in [1.807, 2.05) is 31.2 Å². The van der Waals surface area contributed by atoms with Crippen molar-refractivity contribution in [3.63, 3.8) is 0 Å². The van der Waals surface area contributed by atoms with Gasteiger partial charge in [-0.2, -0.15) is 0 Å². The van der Waals surface area contributed by atoms with Gasteiger partial charge in [-0.3, -0.25) is 4.98 Å². The fourth-order valence-corrected chi connectivity index (χ4v) is 1.93. The number of hydrogen-bond donors (Lipinski definition) is 0. The van der Waals surface area contributed by atoms with Gasteiger partial charge in [0.05, 0.1) is 0 Å². The van der Waals surface area contributed by atoms with Crippen LogP contribution in [0.2, 0.25) is 0 Å². The summed E-state index contributed by atoms with van der Waals surface area (Å²) in [4.78, 5) is 20.0. The lowest BCUT2D eigenvalue weighted by Crippen LogP contribution is -2.05. The van der Waals surface area contributed by atoms with Gasteiger partial charge in [-0.1, -0.05) is 17.7 Å². The molecule has 0 bridgehead atoms. The van der Waals surface area contributed by atoms with E-state index in [1.54, 1.807) is 30.6 Å². The minimum Gasteiger partial charge on any atom is -0.402 e. The minimum absolute atomic E-state index is 0.299. The van der Waals surface area contributed by atoms with Crippen molar-refractivity contribution < 1.29 is 9.53 Å². The highest BCUT2D eigenvalue weighted by Gasteiger charge is 2.23. The molecule has 1 aromatic heterocycles. The summed E-state index contributed by atoms with van der Waals surface area (Å²) in [7, 11) is 0. The molecule has 1 aromatic carbocycles. The van der Waals surface area contributed by atoms with Gasteiger partial charge in [-0.05, 0) is 42.8 Å². The molecule has 0 spiro atoms. The number of cyclic esters (lactones) is 1. The molecular weight excluding hydrogens is 252 g/mol. The number of benzene rings is 1. The fourth-order valence-electron chi connectivity index (χ4n) is 1.93. The highest BCUT2D eigenvalue weighted by molar-refractivity contribution is 6.12. The molecule has 2 aromatic rings. The number of carbonyl (C=O) groups is 1. The summed E-state index contributed by atoms with van der Waals surface area (Å²) in [5, 5.41) is 0. The first-order valence-corrected chi connectivity index (χ1v) is 6.22. The molecule has 1 aliphatic heterocycles. The first kappa shape index (κ1) is 12.3. The van der Waals surface area contributed by atoms with E-state index in [0.29, 0.717) is 11.6 Å². The third-order valence-electron chi connectivity index (χ3n) is 2.90. The molecule has 0 fully saturated rings. The van der Waals surface area contributed by atoms with Crippen LogP contribution >= 0.6 is 0 Å². The van der Waals surface area contributed by atoms with Crippen LogP contribution in [0.4, 0.5) is 0 Å². The van der Waals surface area contributed by atoms with E-state index in [2.05, 4.69) is 9.98 Å². The lowest BCUT2D eigenvalue weighted by molar-refractivity contribution is -0.129. The first-order chi connectivity index (χ1) is 9.72. The maximum Gasteiger partial charge on any atom is 0.363 e. The Morgan fingerprint density at radius 3 is 2.70 bits per heavy atom. The minimum atomic E-state index is -0.432. The number of hydrogen-bond acceptors (Lipinski definition) is 4. The van der Waals surface area contributed by atoms with Crippen molar-refractivity contribution in [1.82, 2.24) is 4.98 Å². The van der Waals surface area contributed by atoms with Crippen molar-refractivity contribution in [1.29, 1.82) is 0 Å². The summed E-state index contributed by atoms with van der Waals surface area (Å²) < 4.78 is 5.21. The second-order valence-corrected chi connectivity index (χ2v) is 4.49. The Balaban J connectivity index is 1.95. The SMILES string of the molecule is Cc1cccc(C2=N/C(=C/c3ccncc3)C(=O)O2)c1. The summed E-state index contributed by atoms with van der Waals surface area (Å²) in [6, 6.07) is 11.3. The van der Waals surface area contributed by atoms with Crippen LogP contribution < -0.4 is 0 Å². The molecule has 0 saturated carbocycles. The molecule has 20 heavy (non-hydrogen) atoms. The molecule has 0 amide bonds. The summed E-state index contributed by atoms with van der Waals surface area (Å²) in [5.41, 5.74) is 3.05. The van der Waals surface area contributed by atoms with Crippen LogP contribution in [0.25, 0.3) is 6.08 Å². The van der Waals surface area contributed by atoms with Gasteiger partial charge < -0.3 is 4.74 Å². The molecule has 4 heteroatoms. The van der Waals surface area contributed by atoms with Crippen molar-refractivity contribution in [3.8, 4) is 0 Å². The Hall–Kier alpha value is -2.75. The molecule has 0 N–H and O–H groups in total. The number of aromatic nitrogens is 1. The third-order valence-corrected chi connectivity index (χ3v) is 2.90. The Morgan fingerprint density at radius 2 is 1.95 bits per heavy atom. The molecule has 0 aliphatic carbocycles. The smallest absolute Gasteiger partial charge is 0.363 e. The predicted octanol–water partition coefficient (Wildman–Crippen LogP) is 2.73. The zero-order valence-electron chi connectivity index (χ0n) is 10.9. The third kappa shape index (κ3) is 2.49. The van der Waals surface area contributed by atoms with Crippen molar-refractivity contribution in [2.75, 3.05) is 0 Å². The van der Waals surface area contributed by atoms with Crippen LogP contribution in [0.15, 0.2) is 59.5 Å².